The Kier molecular flexibility index (Phi) is 3.71. The molecule has 1 aliphatic heterocycles. The van der Waals surface area contributed by atoms with E-state index in [1.54, 1.807) is 0 Å². The smallest absolute Gasteiger partial charge is 0.115 e. The fourth-order valence-electron chi connectivity index (χ4n) is 0.811. The number of ether oxygens (including phenoxy) is 1. The van der Waals surface area contributed by atoms with Crippen molar-refractivity contribution in [2.75, 3.05) is 19.8 Å². The van der Waals surface area contributed by atoms with E-state index < -0.39 is 0 Å². The normalized spacial score (nSPS) is 23.7. The first kappa shape index (κ1) is 8.86. The zero-order valence-electron chi connectivity index (χ0n) is 6.08. The minimum absolute atomic E-state index is 0.00838. The molecular weight excluding hydrogens is 166 g/mol. The summed E-state index contributed by atoms with van der Waals surface area (Å²) in [6, 6.07) is 0. The highest BCUT2D eigenvalue weighted by Gasteiger charge is 2.19. The summed E-state index contributed by atoms with van der Waals surface area (Å²) in [5, 5.41) is 8.38. The second kappa shape index (κ2) is 4.61. The van der Waals surface area contributed by atoms with Crippen molar-refractivity contribution in [3.63, 3.8) is 0 Å². The van der Waals surface area contributed by atoms with Gasteiger partial charge in [0.25, 0.3) is 0 Å². The predicted octanol–water partition coefficient (Wildman–Crippen LogP) is -0.384. The molecule has 1 unspecified atom stereocenters. The van der Waals surface area contributed by atoms with Crippen LogP contribution in [0.25, 0.3) is 0 Å². The molecule has 0 bridgehead atoms. The van der Waals surface area contributed by atoms with Crippen molar-refractivity contribution in [1.82, 2.24) is 5.48 Å². The molecule has 1 fully saturated rings. The van der Waals surface area contributed by atoms with Gasteiger partial charge in [0.1, 0.15) is 11.1 Å². The van der Waals surface area contributed by atoms with Crippen LogP contribution in [0.1, 0.15) is 6.42 Å². The Bertz CT molecular complexity index is 142. The van der Waals surface area contributed by atoms with Crippen molar-refractivity contribution in [2.45, 2.75) is 12.5 Å². The fourth-order valence-corrected chi connectivity index (χ4v) is 1.05. The molecule has 2 N–H and O–H groups in total. The summed E-state index contributed by atoms with van der Waals surface area (Å²) >= 11 is 4.83. The third-order valence-corrected chi connectivity index (χ3v) is 1.54. The highest BCUT2D eigenvalue weighted by molar-refractivity contribution is 7.80. The minimum atomic E-state index is 0.00838. The monoisotopic (exact) mass is 177 g/mol. The van der Waals surface area contributed by atoms with E-state index in [9.17, 15) is 0 Å². The largest absolute Gasteiger partial charge is 0.394 e. The molecule has 1 rings (SSSR count). The quantitative estimate of drug-likeness (QED) is 0.452. The number of hydroxylamine groups is 1. The molecule has 0 spiro atoms. The number of hydrogen-bond acceptors (Lipinski definition) is 4. The van der Waals surface area contributed by atoms with Gasteiger partial charge in [0.2, 0.25) is 0 Å². The van der Waals surface area contributed by atoms with E-state index in [1.165, 1.54) is 0 Å². The Hall–Kier alpha value is -0.230. The molecule has 0 radical (unpaired) electrons. The highest BCUT2D eigenvalue weighted by atomic mass is 32.1. The summed E-state index contributed by atoms with van der Waals surface area (Å²) in [6.45, 7) is 0.880. The SMILES string of the molecule is OCCOCC1CC(=S)NO1. The van der Waals surface area contributed by atoms with Gasteiger partial charge in [-0.25, -0.2) is 0 Å². The van der Waals surface area contributed by atoms with Crippen LogP contribution in [0.3, 0.4) is 0 Å². The van der Waals surface area contributed by atoms with Crippen molar-refractivity contribution in [3.05, 3.63) is 0 Å². The Morgan fingerprint density at radius 1 is 1.82 bits per heavy atom. The van der Waals surface area contributed by atoms with Crippen molar-refractivity contribution in [1.29, 1.82) is 0 Å². The fraction of sp³-hybridized carbons (Fsp3) is 0.833. The zero-order chi connectivity index (χ0) is 8.10. The Morgan fingerprint density at radius 2 is 2.64 bits per heavy atom. The molecule has 1 atom stereocenters. The summed E-state index contributed by atoms with van der Waals surface area (Å²) in [5.41, 5.74) is 2.59. The van der Waals surface area contributed by atoms with Crippen LogP contribution >= 0.6 is 12.2 Å². The van der Waals surface area contributed by atoms with Crippen LogP contribution in [0.15, 0.2) is 0 Å². The van der Waals surface area contributed by atoms with Gasteiger partial charge in [-0.3, -0.25) is 10.3 Å². The van der Waals surface area contributed by atoms with Gasteiger partial charge in [-0.2, -0.15) is 0 Å². The summed E-state index contributed by atoms with van der Waals surface area (Å²) < 4.78 is 5.04. The molecule has 0 saturated carbocycles. The lowest BCUT2D eigenvalue weighted by atomic mass is 10.3. The lowest BCUT2D eigenvalue weighted by Crippen LogP contribution is -2.17. The van der Waals surface area contributed by atoms with Crippen LogP contribution in [-0.4, -0.2) is 36.0 Å². The van der Waals surface area contributed by atoms with Gasteiger partial charge in [0, 0.05) is 6.42 Å². The van der Waals surface area contributed by atoms with Gasteiger partial charge in [0.15, 0.2) is 0 Å². The van der Waals surface area contributed by atoms with Crippen molar-refractivity contribution < 1.29 is 14.7 Å². The number of aliphatic hydroxyl groups excluding tert-OH is 1. The van der Waals surface area contributed by atoms with Crippen LogP contribution in [-0.2, 0) is 9.57 Å². The second-order valence-corrected chi connectivity index (χ2v) is 2.76. The molecule has 5 heteroatoms. The first-order valence-corrected chi connectivity index (χ1v) is 3.87. The Labute approximate surface area is 70.4 Å². The van der Waals surface area contributed by atoms with Crippen molar-refractivity contribution in [3.8, 4) is 0 Å². The van der Waals surface area contributed by atoms with Crippen LogP contribution in [0.2, 0.25) is 0 Å². The standard InChI is InChI=1S/C6H11NO3S/c8-1-2-9-4-5-3-6(11)7-10-5/h5,8H,1-4H2,(H,7,11). The van der Waals surface area contributed by atoms with E-state index >= 15 is 0 Å². The summed E-state index contributed by atoms with van der Waals surface area (Å²) in [7, 11) is 0. The number of nitrogens with one attached hydrogen (secondary N) is 1. The maximum atomic E-state index is 8.38. The lowest BCUT2D eigenvalue weighted by Gasteiger charge is -2.06. The van der Waals surface area contributed by atoms with Crippen molar-refractivity contribution >= 4 is 17.2 Å². The molecule has 1 heterocycles. The first-order valence-electron chi connectivity index (χ1n) is 3.46. The third kappa shape index (κ3) is 3.11. The Balaban J connectivity index is 2.04. The molecule has 4 nitrogen and oxygen atoms in total. The van der Waals surface area contributed by atoms with Gasteiger partial charge in [-0.1, -0.05) is 12.2 Å². The molecule has 64 valence electrons. The van der Waals surface area contributed by atoms with E-state index in [2.05, 4.69) is 5.48 Å². The average Bonchev–Trinajstić information content (AvgIpc) is 2.37. The minimum Gasteiger partial charge on any atom is -0.394 e. The second-order valence-electron chi connectivity index (χ2n) is 2.27. The van der Waals surface area contributed by atoms with Crippen molar-refractivity contribution in [2.24, 2.45) is 0 Å². The lowest BCUT2D eigenvalue weighted by molar-refractivity contribution is -0.0247. The Morgan fingerprint density at radius 3 is 3.18 bits per heavy atom. The molecule has 0 amide bonds. The maximum absolute atomic E-state index is 8.38. The van der Waals surface area contributed by atoms with Crippen LogP contribution in [0.5, 0.6) is 0 Å². The molecule has 11 heavy (non-hydrogen) atoms. The van der Waals surface area contributed by atoms with Gasteiger partial charge >= 0.3 is 0 Å². The first-order chi connectivity index (χ1) is 5.33. The van der Waals surface area contributed by atoms with Crippen LogP contribution in [0.4, 0.5) is 0 Å². The molecule has 0 aromatic rings. The summed E-state index contributed by atoms with van der Waals surface area (Å²) in [6.07, 6.45) is 0.717. The number of rotatable bonds is 4. The van der Waals surface area contributed by atoms with E-state index in [4.69, 9.17) is 26.9 Å². The number of aliphatic hydroxyl groups is 1. The molecule has 1 aliphatic rings. The molecule has 0 aliphatic carbocycles. The predicted molar refractivity (Wildman–Crippen MR) is 43.1 cm³/mol. The number of hydrogen-bond donors (Lipinski definition) is 2. The molecule has 1 saturated heterocycles. The highest BCUT2D eigenvalue weighted by Crippen LogP contribution is 2.05. The molecule has 0 aromatic heterocycles. The summed E-state index contributed by atoms with van der Waals surface area (Å²) in [4.78, 5) is 5.72. The topological polar surface area (TPSA) is 50.7 Å². The van der Waals surface area contributed by atoms with Gasteiger partial charge in [0.05, 0.1) is 19.8 Å². The molecule has 0 aromatic carbocycles. The average molecular weight is 177 g/mol. The number of thiocarbonyl (C=S) groups is 1. The van der Waals surface area contributed by atoms with E-state index in [-0.39, 0.29) is 12.7 Å². The van der Waals surface area contributed by atoms with Gasteiger partial charge < -0.3 is 9.84 Å². The maximum Gasteiger partial charge on any atom is 0.115 e. The zero-order valence-corrected chi connectivity index (χ0v) is 6.89. The molecular formula is C6H11NO3S. The third-order valence-electron chi connectivity index (χ3n) is 1.29. The van der Waals surface area contributed by atoms with E-state index in [1.807, 2.05) is 0 Å². The van der Waals surface area contributed by atoms with E-state index in [0.29, 0.717) is 24.6 Å². The van der Waals surface area contributed by atoms with Gasteiger partial charge in [-0.05, 0) is 0 Å². The van der Waals surface area contributed by atoms with Crippen LogP contribution in [0, 0.1) is 0 Å². The van der Waals surface area contributed by atoms with Gasteiger partial charge in [-0.15, -0.1) is 0 Å². The van der Waals surface area contributed by atoms with E-state index in [0.717, 1.165) is 0 Å². The summed E-state index contributed by atoms with van der Waals surface area (Å²) in [5.74, 6) is 0. The van der Waals surface area contributed by atoms with Crippen LogP contribution < -0.4 is 5.48 Å².